The Morgan fingerprint density at radius 2 is 1.90 bits per heavy atom. The van der Waals surface area contributed by atoms with Crippen LogP contribution >= 0.6 is 11.3 Å². The van der Waals surface area contributed by atoms with Gasteiger partial charge in [-0.2, -0.15) is 0 Å². The Hall–Kier alpha value is -2.42. The molecule has 2 aromatic rings. The summed E-state index contributed by atoms with van der Waals surface area (Å²) in [6.45, 7) is 1.77. The maximum Gasteiger partial charge on any atom is 0.325 e. The van der Waals surface area contributed by atoms with Crippen LogP contribution < -0.4 is 20.1 Å². The van der Waals surface area contributed by atoms with Crippen molar-refractivity contribution < 1.29 is 18.7 Å². The number of carbonyl (C=O) groups excluding carboxylic acids is 1. The van der Waals surface area contributed by atoms with Crippen molar-refractivity contribution in [3.8, 4) is 11.5 Å². The average Bonchev–Trinajstić information content (AvgIpc) is 2.84. The summed E-state index contributed by atoms with van der Waals surface area (Å²) < 4.78 is 23.6. The smallest absolute Gasteiger partial charge is 0.325 e. The number of carbonyl (C=O) groups is 1. The molecule has 0 aliphatic carbocycles. The lowest BCUT2D eigenvalue weighted by atomic mass is 10.2. The van der Waals surface area contributed by atoms with E-state index < -0.39 is 11.8 Å². The lowest BCUT2D eigenvalue weighted by Crippen LogP contribution is -2.20. The lowest BCUT2D eigenvalue weighted by Gasteiger charge is -2.12. The highest BCUT2D eigenvalue weighted by molar-refractivity contribution is 7.15. The van der Waals surface area contributed by atoms with E-state index in [1.54, 1.807) is 6.92 Å². The summed E-state index contributed by atoms with van der Waals surface area (Å²) in [7, 11) is 2.75. The molecule has 21 heavy (non-hydrogen) atoms. The SMILES string of the molecule is COc1cc(OC)c(NC(=O)Nc2nnc(C)s2)cc1F. The van der Waals surface area contributed by atoms with E-state index in [4.69, 9.17) is 9.47 Å². The fourth-order valence-corrected chi connectivity index (χ4v) is 2.14. The molecule has 1 heterocycles. The van der Waals surface area contributed by atoms with Crippen LogP contribution in [0.25, 0.3) is 0 Å². The Labute approximate surface area is 124 Å². The Morgan fingerprint density at radius 3 is 2.48 bits per heavy atom. The summed E-state index contributed by atoms with van der Waals surface area (Å²) in [5.41, 5.74) is 0.175. The molecule has 0 saturated carbocycles. The van der Waals surface area contributed by atoms with E-state index in [-0.39, 0.29) is 17.2 Å². The number of rotatable bonds is 4. The van der Waals surface area contributed by atoms with Crippen LogP contribution in [0.3, 0.4) is 0 Å². The van der Waals surface area contributed by atoms with Gasteiger partial charge in [-0.1, -0.05) is 11.3 Å². The number of urea groups is 1. The van der Waals surface area contributed by atoms with Crippen molar-refractivity contribution in [2.24, 2.45) is 0 Å². The average molecular weight is 312 g/mol. The Kier molecular flexibility index (Phi) is 4.53. The summed E-state index contributed by atoms with van der Waals surface area (Å²) in [6, 6.07) is 1.89. The number of benzene rings is 1. The Bertz CT molecular complexity index is 662. The van der Waals surface area contributed by atoms with Crippen LogP contribution in [-0.4, -0.2) is 30.4 Å². The van der Waals surface area contributed by atoms with E-state index in [1.807, 2.05) is 0 Å². The van der Waals surface area contributed by atoms with E-state index in [0.29, 0.717) is 5.13 Å². The molecule has 0 spiro atoms. The number of aromatic nitrogens is 2. The van der Waals surface area contributed by atoms with Crippen LogP contribution in [0.2, 0.25) is 0 Å². The number of nitrogens with one attached hydrogen (secondary N) is 2. The molecule has 1 aromatic carbocycles. The molecule has 0 bridgehead atoms. The summed E-state index contributed by atoms with van der Waals surface area (Å²) in [4.78, 5) is 11.8. The highest BCUT2D eigenvalue weighted by Crippen LogP contribution is 2.32. The van der Waals surface area contributed by atoms with Crippen LogP contribution in [0.4, 0.5) is 20.0 Å². The molecule has 0 fully saturated rings. The minimum absolute atomic E-state index is 0.0255. The molecule has 0 aliphatic heterocycles. The topological polar surface area (TPSA) is 85.4 Å². The van der Waals surface area contributed by atoms with Crippen molar-refractivity contribution in [2.75, 3.05) is 24.9 Å². The molecular weight excluding hydrogens is 299 g/mol. The van der Waals surface area contributed by atoms with Gasteiger partial charge in [0.05, 0.1) is 19.9 Å². The lowest BCUT2D eigenvalue weighted by molar-refractivity contribution is 0.262. The molecule has 0 saturated heterocycles. The van der Waals surface area contributed by atoms with Crippen molar-refractivity contribution in [1.82, 2.24) is 10.2 Å². The number of nitrogens with zero attached hydrogens (tertiary/aromatic N) is 2. The second kappa shape index (κ2) is 6.35. The Morgan fingerprint density at radius 1 is 1.19 bits per heavy atom. The van der Waals surface area contributed by atoms with Gasteiger partial charge < -0.3 is 14.8 Å². The number of hydrogen-bond donors (Lipinski definition) is 2. The van der Waals surface area contributed by atoms with Crippen LogP contribution in [0.1, 0.15) is 5.01 Å². The molecule has 112 valence electrons. The van der Waals surface area contributed by atoms with Gasteiger partial charge in [0.25, 0.3) is 0 Å². The zero-order chi connectivity index (χ0) is 15.4. The van der Waals surface area contributed by atoms with Gasteiger partial charge in [-0.15, -0.1) is 10.2 Å². The normalized spacial score (nSPS) is 10.1. The third-order valence-electron chi connectivity index (χ3n) is 2.47. The first-order valence-corrected chi connectivity index (χ1v) is 6.64. The second-order valence-corrected chi connectivity index (χ2v) is 5.07. The van der Waals surface area contributed by atoms with Crippen LogP contribution in [-0.2, 0) is 0 Å². The van der Waals surface area contributed by atoms with Gasteiger partial charge in [0.2, 0.25) is 5.13 Å². The number of aryl methyl sites for hydroxylation is 1. The molecule has 0 unspecified atom stereocenters. The molecule has 2 N–H and O–H groups in total. The minimum atomic E-state index is -0.611. The van der Waals surface area contributed by atoms with Gasteiger partial charge in [0, 0.05) is 12.1 Å². The van der Waals surface area contributed by atoms with Crippen LogP contribution in [0.15, 0.2) is 12.1 Å². The third kappa shape index (κ3) is 3.57. The highest BCUT2D eigenvalue weighted by atomic mass is 32.1. The summed E-state index contributed by atoms with van der Waals surface area (Å²) >= 11 is 1.23. The van der Waals surface area contributed by atoms with E-state index in [2.05, 4.69) is 20.8 Å². The van der Waals surface area contributed by atoms with E-state index in [0.717, 1.165) is 11.1 Å². The third-order valence-corrected chi connectivity index (χ3v) is 3.22. The summed E-state index contributed by atoms with van der Waals surface area (Å²) in [5.74, 6) is -0.310. The van der Waals surface area contributed by atoms with Crippen molar-refractivity contribution in [2.45, 2.75) is 6.92 Å². The van der Waals surface area contributed by atoms with Crippen LogP contribution in [0, 0.1) is 12.7 Å². The first kappa shape index (κ1) is 15.0. The zero-order valence-corrected chi connectivity index (χ0v) is 12.4. The predicted octanol–water partition coefficient (Wildman–Crippen LogP) is 2.65. The number of methoxy groups -OCH3 is 2. The maximum atomic E-state index is 13.7. The van der Waals surface area contributed by atoms with E-state index in [1.165, 1.54) is 31.6 Å². The number of amides is 2. The van der Waals surface area contributed by atoms with Gasteiger partial charge in [-0.05, 0) is 6.92 Å². The second-order valence-electron chi connectivity index (χ2n) is 3.89. The number of hydrogen-bond acceptors (Lipinski definition) is 6. The predicted molar refractivity (Wildman–Crippen MR) is 76.8 cm³/mol. The molecule has 7 nitrogen and oxygen atoms in total. The number of anilines is 2. The van der Waals surface area contributed by atoms with E-state index >= 15 is 0 Å². The molecule has 9 heteroatoms. The number of ether oxygens (including phenoxy) is 2. The first-order valence-electron chi connectivity index (χ1n) is 5.83. The van der Waals surface area contributed by atoms with Crippen LogP contribution in [0.5, 0.6) is 11.5 Å². The summed E-state index contributed by atoms with van der Waals surface area (Å²) in [5, 5.41) is 13.6. The first-order chi connectivity index (χ1) is 10.0. The molecule has 2 rings (SSSR count). The van der Waals surface area contributed by atoms with Gasteiger partial charge in [0.1, 0.15) is 10.8 Å². The van der Waals surface area contributed by atoms with Gasteiger partial charge in [-0.3, -0.25) is 5.32 Å². The molecule has 1 aromatic heterocycles. The fourth-order valence-electron chi connectivity index (χ4n) is 1.56. The van der Waals surface area contributed by atoms with Gasteiger partial charge in [-0.25, -0.2) is 9.18 Å². The minimum Gasteiger partial charge on any atom is -0.494 e. The highest BCUT2D eigenvalue weighted by Gasteiger charge is 2.14. The molecule has 0 radical (unpaired) electrons. The molecule has 0 atom stereocenters. The fraction of sp³-hybridized carbons (Fsp3) is 0.250. The largest absolute Gasteiger partial charge is 0.494 e. The summed E-state index contributed by atoms with van der Waals surface area (Å²) in [6.07, 6.45) is 0. The quantitative estimate of drug-likeness (QED) is 0.906. The number of halogens is 1. The monoisotopic (exact) mass is 312 g/mol. The molecular formula is C12H13FN4O3S. The zero-order valence-electron chi connectivity index (χ0n) is 11.6. The van der Waals surface area contributed by atoms with Gasteiger partial charge >= 0.3 is 6.03 Å². The standard InChI is InChI=1S/C12H13FN4O3S/c1-6-16-17-12(21-6)15-11(18)14-8-4-7(13)9(19-2)5-10(8)20-3/h4-5H,1-3H3,(H2,14,15,17,18). The molecule has 0 aliphatic rings. The van der Waals surface area contributed by atoms with Crippen molar-refractivity contribution in [1.29, 1.82) is 0 Å². The maximum absolute atomic E-state index is 13.7. The van der Waals surface area contributed by atoms with Gasteiger partial charge in [0.15, 0.2) is 11.6 Å². The van der Waals surface area contributed by atoms with Crippen molar-refractivity contribution >= 4 is 28.2 Å². The van der Waals surface area contributed by atoms with Crippen molar-refractivity contribution in [3.05, 3.63) is 23.0 Å². The molecule has 2 amide bonds. The van der Waals surface area contributed by atoms with E-state index in [9.17, 15) is 9.18 Å². The van der Waals surface area contributed by atoms with Crippen molar-refractivity contribution in [3.63, 3.8) is 0 Å². The Balaban J connectivity index is 2.14.